The van der Waals surface area contributed by atoms with Gasteiger partial charge in [-0.2, -0.15) is 0 Å². The van der Waals surface area contributed by atoms with E-state index in [0.717, 1.165) is 0 Å². The third kappa shape index (κ3) is 2.91. The second-order valence-corrected chi connectivity index (χ2v) is 4.98. The highest BCUT2D eigenvalue weighted by Gasteiger charge is 2.21. The Hall–Kier alpha value is -1.18. The van der Waals surface area contributed by atoms with E-state index in [-0.39, 0.29) is 17.3 Å². The van der Waals surface area contributed by atoms with Gasteiger partial charge in [-0.15, -0.1) is 0 Å². The molecule has 6 nitrogen and oxygen atoms in total. The van der Waals surface area contributed by atoms with Gasteiger partial charge in [0, 0.05) is 12.2 Å². The van der Waals surface area contributed by atoms with Crippen LogP contribution < -0.4 is 10.5 Å². The van der Waals surface area contributed by atoms with Gasteiger partial charge >= 0.3 is 0 Å². The fraction of sp³-hybridized carbons (Fsp3) is 0.444. The number of aliphatic hydroxyl groups is 1. The second-order valence-electron chi connectivity index (χ2n) is 3.30. The van der Waals surface area contributed by atoms with Crippen molar-refractivity contribution in [1.82, 2.24) is 9.71 Å². The van der Waals surface area contributed by atoms with Crippen LogP contribution in [0.3, 0.4) is 0 Å². The molecule has 0 radical (unpaired) electrons. The molecule has 0 aliphatic heterocycles. The molecule has 0 amide bonds. The maximum Gasteiger partial charge on any atom is 0.244 e. The fourth-order valence-corrected chi connectivity index (χ4v) is 2.56. The number of rotatable bonds is 5. The molecular formula is C9H15N3O3S. The molecule has 7 heteroatoms. The number of nitrogens with zero attached hydrogens (tertiary/aromatic N) is 1. The van der Waals surface area contributed by atoms with E-state index in [9.17, 15) is 8.42 Å². The average molecular weight is 245 g/mol. The van der Waals surface area contributed by atoms with Crippen LogP contribution in [0, 0.1) is 0 Å². The fourth-order valence-electron chi connectivity index (χ4n) is 1.16. The van der Waals surface area contributed by atoms with Crippen molar-refractivity contribution in [1.29, 1.82) is 0 Å². The molecule has 0 spiro atoms. The second kappa shape index (κ2) is 5.24. The summed E-state index contributed by atoms with van der Waals surface area (Å²) in [6, 6.07) is 2.35. The molecule has 0 aliphatic carbocycles. The summed E-state index contributed by atoms with van der Waals surface area (Å²) in [7, 11) is -3.71. The first-order chi connectivity index (χ1) is 7.51. The minimum Gasteiger partial charge on any atom is -0.395 e. The largest absolute Gasteiger partial charge is 0.395 e. The van der Waals surface area contributed by atoms with E-state index >= 15 is 0 Å². The summed E-state index contributed by atoms with van der Waals surface area (Å²) in [5.74, 6) is -0.0530. The molecule has 0 saturated carbocycles. The Morgan fingerprint density at radius 3 is 2.81 bits per heavy atom. The molecule has 1 aromatic heterocycles. The molecule has 0 bridgehead atoms. The van der Waals surface area contributed by atoms with Gasteiger partial charge in [-0.25, -0.2) is 18.1 Å². The molecule has 0 fully saturated rings. The zero-order valence-electron chi connectivity index (χ0n) is 8.92. The molecule has 1 aromatic rings. The van der Waals surface area contributed by atoms with Crippen LogP contribution >= 0.6 is 0 Å². The average Bonchev–Trinajstić information content (AvgIpc) is 2.26. The predicted octanol–water partition coefficient (Wildman–Crippen LogP) is -0.287. The lowest BCUT2D eigenvalue weighted by atomic mass is 10.3. The van der Waals surface area contributed by atoms with Crippen LogP contribution in [-0.2, 0) is 10.0 Å². The van der Waals surface area contributed by atoms with Gasteiger partial charge in [0.25, 0.3) is 0 Å². The van der Waals surface area contributed by atoms with Gasteiger partial charge in [-0.1, -0.05) is 6.92 Å². The molecule has 0 saturated heterocycles. The van der Waals surface area contributed by atoms with E-state index < -0.39 is 16.1 Å². The zero-order chi connectivity index (χ0) is 12.2. The highest BCUT2D eigenvalue weighted by atomic mass is 32.2. The minimum atomic E-state index is -3.71. The van der Waals surface area contributed by atoms with Gasteiger partial charge in [0.05, 0.1) is 6.61 Å². The van der Waals surface area contributed by atoms with Crippen molar-refractivity contribution in [2.45, 2.75) is 24.3 Å². The van der Waals surface area contributed by atoms with Gasteiger partial charge in [0.15, 0.2) is 0 Å². The molecule has 1 atom stereocenters. The molecular weight excluding hydrogens is 230 g/mol. The Balaban J connectivity index is 2.99. The first kappa shape index (κ1) is 12.9. The van der Waals surface area contributed by atoms with Crippen molar-refractivity contribution in [2.24, 2.45) is 0 Å². The van der Waals surface area contributed by atoms with Crippen LogP contribution in [0.4, 0.5) is 5.82 Å². The number of hydrogen-bond donors (Lipinski definition) is 3. The first-order valence-electron chi connectivity index (χ1n) is 4.85. The van der Waals surface area contributed by atoms with Crippen molar-refractivity contribution in [3.05, 3.63) is 18.3 Å². The molecule has 4 N–H and O–H groups in total. The van der Waals surface area contributed by atoms with E-state index in [0.29, 0.717) is 6.42 Å². The Bertz CT molecular complexity index is 443. The van der Waals surface area contributed by atoms with Gasteiger partial charge in [-0.3, -0.25) is 0 Å². The van der Waals surface area contributed by atoms with Crippen LogP contribution in [0.1, 0.15) is 13.3 Å². The molecule has 1 heterocycles. The van der Waals surface area contributed by atoms with E-state index in [1.807, 2.05) is 0 Å². The van der Waals surface area contributed by atoms with E-state index in [1.165, 1.54) is 18.3 Å². The quantitative estimate of drug-likeness (QED) is 0.661. The van der Waals surface area contributed by atoms with Crippen molar-refractivity contribution >= 4 is 15.8 Å². The summed E-state index contributed by atoms with van der Waals surface area (Å²) in [6.07, 6.45) is 1.91. The zero-order valence-corrected chi connectivity index (χ0v) is 9.74. The van der Waals surface area contributed by atoms with Gasteiger partial charge in [-0.05, 0) is 18.6 Å². The van der Waals surface area contributed by atoms with E-state index in [1.54, 1.807) is 6.92 Å². The summed E-state index contributed by atoms with van der Waals surface area (Å²) in [5.41, 5.74) is 5.47. The van der Waals surface area contributed by atoms with Crippen LogP contribution in [0.5, 0.6) is 0 Å². The number of hydrogen-bond acceptors (Lipinski definition) is 5. The number of anilines is 1. The minimum absolute atomic E-state index is 0.0530. The highest BCUT2D eigenvalue weighted by molar-refractivity contribution is 7.89. The lowest BCUT2D eigenvalue weighted by Crippen LogP contribution is -2.37. The maximum absolute atomic E-state index is 11.8. The lowest BCUT2D eigenvalue weighted by molar-refractivity contribution is 0.254. The van der Waals surface area contributed by atoms with Gasteiger partial charge in [0.2, 0.25) is 10.0 Å². The maximum atomic E-state index is 11.8. The smallest absolute Gasteiger partial charge is 0.244 e. The van der Waals surface area contributed by atoms with Gasteiger partial charge < -0.3 is 10.8 Å². The summed E-state index contributed by atoms with van der Waals surface area (Å²) >= 11 is 0. The molecule has 16 heavy (non-hydrogen) atoms. The normalized spacial score (nSPS) is 13.6. The molecule has 0 aliphatic rings. The van der Waals surface area contributed by atoms with Crippen LogP contribution in [0.15, 0.2) is 23.2 Å². The van der Waals surface area contributed by atoms with Crippen molar-refractivity contribution in [2.75, 3.05) is 12.3 Å². The lowest BCUT2D eigenvalue weighted by Gasteiger charge is -2.14. The standard InChI is InChI=1S/C9H15N3O3S/c1-2-7(6-13)12-16(14,15)8-4-3-5-11-9(8)10/h3-5,7,12-13H,2,6H2,1H3,(H2,10,11)/t7-/m0/s1. The first-order valence-corrected chi connectivity index (χ1v) is 6.33. The van der Waals surface area contributed by atoms with Crippen molar-refractivity contribution in [3.63, 3.8) is 0 Å². The number of aliphatic hydroxyl groups excluding tert-OH is 1. The Morgan fingerprint density at radius 1 is 1.62 bits per heavy atom. The number of nitrogens with one attached hydrogen (secondary N) is 1. The molecule has 90 valence electrons. The van der Waals surface area contributed by atoms with Gasteiger partial charge in [0.1, 0.15) is 10.7 Å². The molecule has 0 unspecified atom stereocenters. The van der Waals surface area contributed by atoms with Crippen LogP contribution in [-0.4, -0.2) is 31.2 Å². The SMILES string of the molecule is CC[C@@H](CO)NS(=O)(=O)c1cccnc1N. The Kier molecular flexibility index (Phi) is 4.22. The number of sulfonamides is 1. The van der Waals surface area contributed by atoms with Crippen molar-refractivity contribution in [3.8, 4) is 0 Å². The molecule has 0 aromatic carbocycles. The third-order valence-electron chi connectivity index (χ3n) is 2.12. The van der Waals surface area contributed by atoms with E-state index in [4.69, 9.17) is 10.8 Å². The summed E-state index contributed by atoms with van der Waals surface area (Å²) in [5, 5.41) is 8.93. The number of aromatic nitrogens is 1. The number of pyridine rings is 1. The van der Waals surface area contributed by atoms with E-state index in [2.05, 4.69) is 9.71 Å². The Morgan fingerprint density at radius 2 is 2.31 bits per heavy atom. The topological polar surface area (TPSA) is 105 Å². The highest BCUT2D eigenvalue weighted by Crippen LogP contribution is 2.14. The summed E-state index contributed by atoms with van der Waals surface area (Å²) < 4.78 is 26.0. The monoisotopic (exact) mass is 245 g/mol. The predicted molar refractivity (Wildman–Crippen MR) is 60.1 cm³/mol. The summed E-state index contributed by atoms with van der Waals surface area (Å²) in [6.45, 7) is 1.52. The number of nitrogens with two attached hydrogens (primary N) is 1. The van der Waals surface area contributed by atoms with Crippen LogP contribution in [0.2, 0.25) is 0 Å². The third-order valence-corrected chi connectivity index (χ3v) is 3.69. The molecule has 1 rings (SSSR count). The van der Waals surface area contributed by atoms with Crippen molar-refractivity contribution < 1.29 is 13.5 Å². The summed E-state index contributed by atoms with van der Waals surface area (Å²) in [4.78, 5) is 3.63. The van der Waals surface area contributed by atoms with Crippen LogP contribution in [0.25, 0.3) is 0 Å². The number of nitrogen functional groups attached to an aromatic ring is 1. The Labute approximate surface area is 94.6 Å².